The van der Waals surface area contributed by atoms with E-state index in [1.165, 1.54) is 4.68 Å². The number of hydrogen-bond donors (Lipinski definition) is 1. The number of nitrogens with zero attached hydrogens (tertiary/aromatic N) is 4. The minimum absolute atomic E-state index is 0.152. The van der Waals surface area contributed by atoms with Crippen molar-refractivity contribution in [3.05, 3.63) is 35.7 Å². The van der Waals surface area contributed by atoms with Crippen molar-refractivity contribution >= 4 is 23.2 Å². The zero-order valence-corrected chi connectivity index (χ0v) is 12.5. The zero-order valence-electron chi connectivity index (χ0n) is 12.5. The molecule has 3 rings (SSSR count). The Bertz CT molecular complexity index is 737. The van der Waals surface area contributed by atoms with Crippen molar-refractivity contribution in [2.45, 2.75) is 19.8 Å². The number of carbonyl (C=O) groups is 2. The van der Waals surface area contributed by atoms with Crippen LogP contribution >= 0.6 is 0 Å². The predicted molar refractivity (Wildman–Crippen MR) is 81.7 cm³/mol. The largest absolute Gasteiger partial charge is 0.321 e. The molecule has 7 heteroatoms. The van der Waals surface area contributed by atoms with Gasteiger partial charge in [0.2, 0.25) is 5.91 Å². The molecule has 1 aliphatic heterocycles. The first kappa shape index (κ1) is 14.2. The summed E-state index contributed by atoms with van der Waals surface area (Å²) in [4.78, 5) is 25.7. The maximum atomic E-state index is 12.0. The Kier molecular flexibility index (Phi) is 3.62. The quantitative estimate of drug-likeness (QED) is 0.931. The van der Waals surface area contributed by atoms with Gasteiger partial charge in [0, 0.05) is 31.4 Å². The number of benzene rings is 1. The molecule has 0 radical (unpaired) electrons. The van der Waals surface area contributed by atoms with Crippen LogP contribution in [0.25, 0.3) is 0 Å². The van der Waals surface area contributed by atoms with Crippen LogP contribution < -0.4 is 10.2 Å². The van der Waals surface area contributed by atoms with Gasteiger partial charge >= 0.3 is 0 Å². The highest BCUT2D eigenvalue weighted by Crippen LogP contribution is 2.27. The molecular weight excluding hydrogens is 282 g/mol. The van der Waals surface area contributed by atoms with Crippen LogP contribution in [0.4, 0.5) is 11.4 Å². The lowest BCUT2D eigenvalue weighted by molar-refractivity contribution is -0.117. The number of rotatable bonds is 3. The Hall–Kier alpha value is -2.70. The summed E-state index contributed by atoms with van der Waals surface area (Å²) in [5.41, 5.74) is 2.79. The molecule has 1 N–H and O–H groups in total. The molecule has 114 valence electrons. The number of aromatic nitrogens is 3. The zero-order chi connectivity index (χ0) is 15.7. The summed E-state index contributed by atoms with van der Waals surface area (Å²) in [5, 5.41) is 10.3. The lowest BCUT2D eigenvalue weighted by atomic mass is 10.1. The number of amides is 2. The first-order valence-electron chi connectivity index (χ1n) is 7.13. The molecular formula is C15H17N5O2. The van der Waals surface area contributed by atoms with Gasteiger partial charge in [0.05, 0.1) is 6.20 Å². The lowest BCUT2D eigenvalue weighted by Crippen LogP contribution is -2.24. The van der Waals surface area contributed by atoms with Crippen LogP contribution in [0.15, 0.2) is 24.4 Å². The van der Waals surface area contributed by atoms with Gasteiger partial charge in [0.25, 0.3) is 5.91 Å². The van der Waals surface area contributed by atoms with Gasteiger partial charge in [0.15, 0.2) is 5.69 Å². The molecule has 1 aromatic heterocycles. The third-order valence-corrected chi connectivity index (χ3v) is 3.65. The molecule has 0 aliphatic carbocycles. The van der Waals surface area contributed by atoms with E-state index >= 15 is 0 Å². The van der Waals surface area contributed by atoms with Gasteiger partial charge in [-0.2, -0.15) is 0 Å². The summed E-state index contributed by atoms with van der Waals surface area (Å²) < 4.78 is 1.47. The Morgan fingerprint density at radius 2 is 2.18 bits per heavy atom. The molecule has 2 amide bonds. The van der Waals surface area contributed by atoms with Crippen LogP contribution in [0.3, 0.4) is 0 Å². The van der Waals surface area contributed by atoms with Crippen LogP contribution in [-0.4, -0.2) is 33.4 Å². The van der Waals surface area contributed by atoms with E-state index in [1.807, 2.05) is 19.1 Å². The van der Waals surface area contributed by atoms with E-state index < -0.39 is 0 Å². The highest BCUT2D eigenvalue weighted by atomic mass is 16.2. The van der Waals surface area contributed by atoms with Gasteiger partial charge in [-0.25, -0.2) is 0 Å². The van der Waals surface area contributed by atoms with E-state index in [0.717, 1.165) is 24.2 Å². The third kappa shape index (κ3) is 2.69. The number of nitrogens with one attached hydrogen (secondary N) is 1. The maximum absolute atomic E-state index is 12.0. The van der Waals surface area contributed by atoms with Crippen LogP contribution in [0.5, 0.6) is 0 Å². The highest BCUT2D eigenvalue weighted by molar-refractivity contribution is 6.03. The van der Waals surface area contributed by atoms with E-state index in [0.29, 0.717) is 12.1 Å². The highest BCUT2D eigenvalue weighted by Gasteiger charge is 2.23. The molecule has 7 nitrogen and oxygen atoms in total. The van der Waals surface area contributed by atoms with Crippen LogP contribution in [0, 0.1) is 6.92 Å². The fraction of sp³-hybridized carbons (Fsp3) is 0.333. The van der Waals surface area contributed by atoms with Crippen molar-refractivity contribution in [1.29, 1.82) is 0 Å². The monoisotopic (exact) mass is 299 g/mol. The number of anilines is 2. The molecule has 0 atom stereocenters. The van der Waals surface area contributed by atoms with Crippen molar-refractivity contribution in [2.75, 3.05) is 16.8 Å². The van der Waals surface area contributed by atoms with Crippen LogP contribution in [-0.2, 0) is 11.8 Å². The first-order chi connectivity index (χ1) is 10.5. The van der Waals surface area contributed by atoms with E-state index in [4.69, 9.17) is 0 Å². The molecule has 22 heavy (non-hydrogen) atoms. The van der Waals surface area contributed by atoms with Crippen molar-refractivity contribution in [1.82, 2.24) is 15.0 Å². The summed E-state index contributed by atoms with van der Waals surface area (Å²) in [6.07, 6.45) is 3.05. The molecule has 0 spiro atoms. The van der Waals surface area contributed by atoms with Gasteiger partial charge in [0.1, 0.15) is 0 Å². The Balaban J connectivity index is 1.77. The van der Waals surface area contributed by atoms with Gasteiger partial charge in [-0.1, -0.05) is 5.21 Å². The summed E-state index contributed by atoms with van der Waals surface area (Å²) in [7, 11) is 1.70. The minimum atomic E-state index is -0.308. The minimum Gasteiger partial charge on any atom is -0.321 e. The van der Waals surface area contributed by atoms with Crippen molar-refractivity contribution in [2.24, 2.45) is 7.05 Å². The summed E-state index contributed by atoms with van der Waals surface area (Å²) in [6.45, 7) is 2.68. The average molecular weight is 299 g/mol. The molecule has 0 bridgehead atoms. The average Bonchev–Trinajstić information content (AvgIpc) is 3.08. The fourth-order valence-corrected chi connectivity index (χ4v) is 2.59. The Morgan fingerprint density at radius 3 is 2.77 bits per heavy atom. The predicted octanol–water partition coefficient (Wildman–Crippen LogP) is 1.50. The lowest BCUT2D eigenvalue weighted by Gasteiger charge is -2.19. The SMILES string of the molecule is Cc1cc(NC(=O)c2cn(C)nn2)ccc1N1CCCC1=O. The first-order valence-corrected chi connectivity index (χ1v) is 7.13. The van der Waals surface area contributed by atoms with E-state index in [9.17, 15) is 9.59 Å². The van der Waals surface area contributed by atoms with Crippen molar-refractivity contribution in [3.8, 4) is 0 Å². The van der Waals surface area contributed by atoms with E-state index in [-0.39, 0.29) is 17.5 Å². The molecule has 0 saturated carbocycles. The fourth-order valence-electron chi connectivity index (χ4n) is 2.59. The molecule has 1 aliphatic rings. The number of carbonyl (C=O) groups excluding carboxylic acids is 2. The van der Waals surface area contributed by atoms with Crippen molar-refractivity contribution < 1.29 is 9.59 Å². The van der Waals surface area contributed by atoms with Gasteiger partial charge < -0.3 is 10.2 Å². The van der Waals surface area contributed by atoms with Crippen LogP contribution in [0.1, 0.15) is 28.9 Å². The van der Waals surface area contributed by atoms with Gasteiger partial charge in [-0.05, 0) is 37.1 Å². The molecule has 1 fully saturated rings. The third-order valence-electron chi connectivity index (χ3n) is 3.65. The Morgan fingerprint density at radius 1 is 1.36 bits per heavy atom. The normalized spacial score (nSPS) is 14.5. The molecule has 0 unspecified atom stereocenters. The Labute approximate surface area is 127 Å². The molecule has 1 saturated heterocycles. The maximum Gasteiger partial charge on any atom is 0.277 e. The van der Waals surface area contributed by atoms with Crippen LogP contribution in [0.2, 0.25) is 0 Å². The molecule has 2 heterocycles. The summed E-state index contributed by atoms with van der Waals surface area (Å²) in [6, 6.07) is 5.52. The smallest absolute Gasteiger partial charge is 0.277 e. The number of aryl methyl sites for hydroxylation is 2. The summed E-state index contributed by atoms with van der Waals surface area (Å²) >= 11 is 0. The second kappa shape index (κ2) is 5.59. The second-order valence-electron chi connectivity index (χ2n) is 5.38. The van der Waals surface area contributed by atoms with Gasteiger partial charge in [-0.15, -0.1) is 5.10 Å². The standard InChI is InChI=1S/C15H17N5O2/c1-10-8-11(16-15(22)12-9-19(2)18-17-12)5-6-13(10)20-7-3-4-14(20)21/h5-6,8-9H,3-4,7H2,1-2H3,(H,16,22). The molecule has 2 aromatic rings. The van der Waals surface area contributed by atoms with Crippen molar-refractivity contribution in [3.63, 3.8) is 0 Å². The summed E-state index contributed by atoms with van der Waals surface area (Å²) in [5.74, 6) is -0.156. The number of hydrogen-bond acceptors (Lipinski definition) is 4. The van der Waals surface area contributed by atoms with E-state index in [2.05, 4.69) is 15.6 Å². The van der Waals surface area contributed by atoms with E-state index in [1.54, 1.807) is 24.2 Å². The molecule has 1 aromatic carbocycles. The second-order valence-corrected chi connectivity index (χ2v) is 5.38. The topological polar surface area (TPSA) is 80.1 Å². The van der Waals surface area contributed by atoms with Gasteiger partial charge in [-0.3, -0.25) is 14.3 Å².